The maximum Gasteiger partial charge on any atom is 0.573 e. The topological polar surface area (TPSA) is 170 Å². The molecular weight excluding hydrogens is 980 g/mol. The highest BCUT2D eigenvalue weighted by Gasteiger charge is 2.52. The number of nitrogens with one attached hydrogen (secondary N) is 1. The van der Waals surface area contributed by atoms with Gasteiger partial charge in [-0.25, -0.2) is 25.3 Å². The number of ether oxygens (including phenoxy) is 5. The summed E-state index contributed by atoms with van der Waals surface area (Å²) in [5.74, 6) is 5.07. The minimum absolute atomic E-state index is 0.0401. The van der Waals surface area contributed by atoms with Crippen LogP contribution < -0.4 is 19.5 Å². The van der Waals surface area contributed by atoms with E-state index < -0.39 is 87.6 Å². The van der Waals surface area contributed by atoms with Gasteiger partial charge in [-0.05, 0) is 55.2 Å². The monoisotopic (exact) mass is 1020 g/mol. The molecule has 2 spiro atoms. The zero-order valence-electron chi connectivity index (χ0n) is 34.9. The molecule has 4 heterocycles. The third kappa shape index (κ3) is 13.9. The van der Waals surface area contributed by atoms with Gasteiger partial charge in [0, 0.05) is 83.2 Å². The lowest BCUT2D eigenvalue weighted by Gasteiger charge is -2.42. The second-order valence-electron chi connectivity index (χ2n) is 14.5. The van der Waals surface area contributed by atoms with E-state index in [9.17, 15) is 64.8 Å². The van der Waals surface area contributed by atoms with Crippen LogP contribution in [0.2, 0.25) is 0 Å². The summed E-state index contributed by atoms with van der Waals surface area (Å²) in [5, 5.41) is 3.23. The van der Waals surface area contributed by atoms with E-state index in [0.717, 1.165) is 75.8 Å². The minimum Gasteiger partial charge on any atom is -0.406 e. The number of hydrogen-bond donors (Lipinski definition) is 1. The zero-order valence-corrected chi connectivity index (χ0v) is 37.4. The normalized spacial score (nSPS) is 19.2. The van der Waals surface area contributed by atoms with Crippen molar-refractivity contribution in [3.8, 4) is 41.4 Å². The predicted molar refractivity (Wildman–Crippen MR) is 217 cm³/mol. The van der Waals surface area contributed by atoms with Gasteiger partial charge in [-0.2, -0.15) is 12.9 Å². The summed E-state index contributed by atoms with van der Waals surface area (Å²) in [4.78, 5) is -1.14. The largest absolute Gasteiger partial charge is 0.573 e. The first kappa shape index (κ1) is 53.1. The Morgan fingerprint density at radius 3 is 1.34 bits per heavy atom. The molecule has 0 atom stereocenters. The van der Waals surface area contributed by atoms with E-state index in [1.165, 1.54) is 16.4 Å². The second kappa shape index (κ2) is 20.8. The van der Waals surface area contributed by atoms with Gasteiger partial charge in [0.15, 0.2) is 0 Å². The molecule has 1 N–H and O–H groups in total. The molecule has 0 saturated carbocycles. The van der Waals surface area contributed by atoms with Gasteiger partial charge in [-0.1, -0.05) is 24.1 Å². The molecule has 368 valence electrons. The molecule has 0 bridgehead atoms. The van der Waals surface area contributed by atoms with Crippen LogP contribution in [0.3, 0.4) is 0 Å². The van der Waals surface area contributed by atoms with Crippen molar-refractivity contribution in [3.05, 3.63) is 72.8 Å². The van der Waals surface area contributed by atoms with Gasteiger partial charge >= 0.3 is 19.1 Å². The molecule has 15 nitrogen and oxygen atoms in total. The Balaban J connectivity index is 0.000000246. The van der Waals surface area contributed by atoms with E-state index in [0.29, 0.717) is 19.4 Å². The molecule has 4 fully saturated rings. The Labute approximate surface area is 380 Å². The third-order valence-corrected chi connectivity index (χ3v) is 16.0. The Morgan fingerprint density at radius 1 is 0.597 bits per heavy atom. The van der Waals surface area contributed by atoms with E-state index >= 15 is 0 Å². The highest BCUT2D eigenvalue weighted by Crippen LogP contribution is 2.41. The fourth-order valence-corrected chi connectivity index (χ4v) is 12.1. The van der Waals surface area contributed by atoms with E-state index in [4.69, 9.17) is 15.9 Å². The van der Waals surface area contributed by atoms with Crippen molar-refractivity contribution in [2.75, 3.05) is 52.5 Å². The maximum absolute atomic E-state index is 13.3. The molecule has 3 aromatic rings. The smallest absolute Gasteiger partial charge is 0.406 e. The molecular formula is C40H41F9N4O11S3. The Kier molecular flexibility index (Phi) is 16.5. The first-order chi connectivity index (χ1) is 31.1. The van der Waals surface area contributed by atoms with Crippen molar-refractivity contribution >= 4 is 30.1 Å². The van der Waals surface area contributed by atoms with Crippen LogP contribution in [0.4, 0.5) is 39.5 Å². The van der Waals surface area contributed by atoms with Crippen molar-refractivity contribution in [2.45, 2.75) is 77.8 Å². The van der Waals surface area contributed by atoms with Crippen molar-refractivity contribution in [1.29, 1.82) is 0 Å². The highest BCUT2D eigenvalue weighted by atomic mass is 32.2. The number of hydrogen-bond acceptors (Lipinski definition) is 12. The number of benzene rings is 3. The lowest BCUT2D eigenvalue weighted by Crippen LogP contribution is -2.55. The van der Waals surface area contributed by atoms with Crippen molar-refractivity contribution < 1.29 is 88.5 Å². The number of sulfonamides is 3. The summed E-state index contributed by atoms with van der Waals surface area (Å²) in [7, 11) is -12.5. The number of alkyl halides is 9. The molecule has 4 aliphatic heterocycles. The summed E-state index contributed by atoms with van der Waals surface area (Å²) in [6.07, 6.45) is -9.50. The fourth-order valence-electron chi connectivity index (χ4n) is 7.38. The molecule has 0 aromatic heterocycles. The summed E-state index contributed by atoms with van der Waals surface area (Å²) in [5.41, 5.74) is -1.94. The molecule has 0 unspecified atom stereocenters. The standard InChI is InChI=1S/C21H20F6N2O7S2.C14H17F3N2O4S.C5H4/c22-20(23,24)35-15-3-1-5-17(13-15)37(30,31)28-9-7-19(8-10-28)29(11-12-34-19)38(32,33)18-6-2-4-16(14-18)36-21(25,26)27;15-14(16,17)23-11-2-1-3-12(10-11)24(20,21)19-7-4-13(5-8-19)18-6-9-22-13;1-3-5-4-2/h1-6,13-14H,7-12H2;1-3,10,18H,4-9H2;1H,2H3. The van der Waals surface area contributed by atoms with E-state index in [1.54, 1.807) is 6.92 Å². The molecule has 27 heteroatoms. The molecule has 7 rings (SSSR count). The van der Waals surface area contributed by atoms with Gasteiger partial charge in [0.2, 0.25) is 30.1 Å². The summed E-state index contributed by atoms with van der Waals surface area (Å²) in [6, 6.07) is 12.1. The second-order valence-corrected chi connectivity index (χ2v) is 20.3. The molecule has 67 heavy (non-hydrogen) atoms. The number of piperidine rings is 2. The fraction of sp³-hybridized carbons (Fsp3) is 0.450. The average molecular weight is 1020 g/mol. The Morgan fingerprint density at radius 2 is 1.00 bits per heavy atom. The summed E-state index contributed by atoms with van der Waals surface area (Å²) < 4.78 is 216. The van der Waals surface area contributed by atoms with E-state index in [-0.39, 0.29) is 57.1 Å². The molecule has 3 aromatic carbocycles. The molecule has 0 aliphatic carbocycles. The number of terminal acetylenes is 1. The molecule has 0 radical (unpaired) electrons. The van der Waals surface area contributed by atoms with Crippen LogP contribution in [-0.4, -0.2) is 121 Å². The average Bonchev–Trinajstić information content (AvgIpc) is 3.87. The number of nitrogens with zero attached hydrogens (tertiary/aromatic N) is 3. The van der Waals surface area contributed by atoms with Gasteiger partial charge in [0.05, 0.1) is 27.9 Å². The minimum atomic E-state index is -5.03. The van der Waals surface area contributed by atoms with Crippen LogP contribution in [0.15, 0.2) is 87.5 Å². The summed E-state index contributed by atoms with van der Waals surface area (Å²) in [6.45, 7) is 2.84. The SMILES string of the molecule is C#CC#CC.O=S(=O)(c1cccc(OC(F)(F)F)c1)N1CCC2(CC1)NCCO2.O=S(=O)(c1cccc(OC(F)(F)F)c1)N1CCC2(CC1)OCCN2S(=O)(=O)c1cccc(OC(F)(F)F)c1. The van der Waals surface area contributed by atoms with E-state index in [1.807, 2.05) is 0 Å². The van der Waals surface area contributed by atoms with E-state index in [2.05, 4.69) is 37.3 Å². The van der Waals surface area contributed by atoms with Crippen LogP contribution in [0.25, 0.3) is 0 Å². The Hall–Kier alpha value is -4.84. The number of halogens is 9. The zero-order chi connectivity index (χ0) is 49.5. The molecule has 4 saturated heterocycles. The van der Waals surface area contributed by atoms with Crippen LogP contribution >= 0.6 is 0 Å². The third-order valence-electron chi connectivity index (χ3n) is 10.3. The molecule has 0 amide bonds. The van der Waals surface area contributed by atoms with Gasteiger partial charge in [0.1, 0.15) is 28.7 Å². The Bertz CT molecular complexity index is 2640. The van der Waals surface area contributed by atoms with Gasteiger partial charge in [0.25, 0.3) is 0 Å². The first-order valence-electron chi connectivity index (χ1n) is 19.6. The first-order valence-corrected chi connectivity index (χ1v) is 24.0. The van der Waals surface area contributed by atoms with Crippen LogP contribution in [0.1, 0.15) is 32.6 Å². The highest BCUT2D eigenvalue weighted by molar-refractivity contribution is 7.89. The lowest BCUT2D eigenvalue weighted by atomic mass is 10.0. The van der Waals surface area contributed by atoms with Crippen molar-refractivity contribution in [1.82, 2.24) is 18.2 Å². The van der Waals surface area contributed by atoms with Gasteiger partial charge in [-0.15, -0.1) is 45.9 Å². The lowest BCUT2D eigenvalue weighted by molar-refractivity contribution is -0.275. The predicted octanol–water partition coefficient (Wildman–Crippen LogP) is 6.01. The maximum atomic E-state index is 13.3. The van der Waals surface area contributed by atoms with Crippen LogP contribution in [0, 0.1) is 24.2 Å². The van der Waals surface area contributed by atoms with Crippen LogP contribution in [0.5, 0.6) is 17.2 Å². The van der Waals surface area contributed by atoms with Crippen LogP contribution in [-0.2, 0) is 39.5 Å². The summed E-state index contributed by atoms with van der Waals surface area (Å²) >= 11 is 0. The van der Waals surface area contributed by atoms with Crippen molar-refractivity contribution in [2.24, 2.45) is 0 Å². The van der Waals surface area contributed by atoms with Crippen molar-refractivity contribution in [3.63, 3.8) is 0 Å². The number of rotatable bonds is 9. The molecule has 4 aliphatic rings. The van der Waals surface area contributed by atoms with Gasteiger partial charge in [-0.3, -0.25) is 5.32 Å². The van der Waals surface area contributed by atoms with Gasteiger partial charge < -0.3 is 23.7 Å². The quantitative estimate of drug-likeness (QED) is 0.196.